The summed E-state index contributed by atoms with van der Waals surface area (Å²) in [5, 5.41) is 20.1. The first-order valence-electron chi connectivity index (χ1n) is 23.8. The third kappa shape index (κ3) is 5.58. The summed E-state index contributed by atoms with van der Waals surface area (Å²) in [6.07, 6.45) is 0. The highest BCUT2D eigenvalue weighted by Crippen LogP contribution is 2.43. The second kappa shape index (κ2) is 14.4. The predicted octanol–water partition coefficient (Wildman–Crippen LogP) is 17.8. The van der Waals surface area contributed by atoms with Crippen LogP contribution in [-0.4, -0.2) is 4.40 Å². The van der Waals surface area contributed by atoms with Crippen LogP contribution in [0, 0.1) is 0 Å². The van der Waals surface area contributed by atoms with Gasteiger partial charge in [-0.1, -0.05) is 182 Å². The molecule has 0 N–H and O–H groups in total. The van der Waals surface area contributed by atoms with Crippen LogP contribution in [0.3, 0.4) is 0 Å². The van der Waals surface area contributed by atoms with Crippen LogP contribution in [0.15, 0.2) is 241 Å². The molecular weight excluding hydrogens is 835 g/mol. The molecule has 0 unspecified atom stereocenters. The monoisotopic (exact) mass is 873 g/mol. The van der Waals surface area contributed by atoms with E-state index in [1.54, 1.807) is 0 Å². The van der Waals surface area contributed by atoms with Crippen LogP contribution >= 0.6 is 0 Å². The second-order valence-corrected chi connectivity index (χ2v) is 18.7. The van der Waals surface area contributed by atoms with Gasteiger partial charge in [0.25, 0.3) is 5.56 Å². The summed E-state index contributed by atoms with van der Waals surface area (Å²) in [7, 11) is 0. The Labute approximate surface area is 396 Å². The molecule has 0 aliphatic carbocycles. The number of hydrogen-bond acceptors (Lipinski definition) is 1. The van der Waals surface area contributed by atoms with E-state index in [2.05, 4.69) is 218 Å². The van der Waals surface area contributed by atoms with Crippen molar-refractivity contribution in [3.63, 3.8) is 0 Å². The standard InChI is InChI=1S/C67H39NO/c69-67-59-26-10-9-25-56(59)63-38-47(43-16-12-15-42(34-43)45-28-31-58-53-22-4-2-18-49(53)51-20-6-8-24-55(51)61(58)36-45)39-64-62-37-46(29-32-65(62)68(67)66(63)64)41-14-11-13-40(33-41)44-27-30-57-52-21-3-1-17-48(52)50-19-5-7-23-54(50)60(57)35-44/h1-39H. The third-order valence-corrected chi connectivity index (χ3v) is 15.1. The van der Waals surface area contributed by atoms with Crippen molar-refractivity contribution in [1.82, 2.24) is 4.40 Å². The van der Waals surface area contributed by atoms with Crippen molar-refractivity contribution in [2.24, 2.45) is 0 Å². The zero-order valence-corrected chi connectivity index (χ0v) is 37.4. The van der Waals surface area contributed by atoms with Crippen molar-refractivity contribution in [1.29, 1.82) is 0 Å². The number of fused-ring (bicyclic) bond motifs is 17. The minimum atomic E-state index is 0.0100. The Morgan fingerprint density at radius 2 is 0.493 bits per heavy atom. The Hall–Kier alpha value is -9.11. The molecule has 2 heterocycles. The maximum Gasteiger partial charge on any atom is 0.263 e. The lowest BCUT2D eigenvalue weighted by molar-refractivity contribution is 1.21. The molecule has 13 aromatic carbocycles. The highest BCUT2D eigenvalue weighted by molar-refractivity contribution is 6.27. The van der Waals surface area contributed by atoms with Gasteiger partial charge in [-0.3, -0.25) is 9.20 Å². The molecule has 318 valence electrons. The van der Waals surface area contributed by atoms with Crippen molar-refractivity contribution in [3.05, 3.63) is 247 Å². The van der Waals surface area contributed by atoms with Gasteiger partial charge >= 0.3 is 0 Å². The minimum absolute atomic E-state index is 0.0100. The molecule has 0 radical (unpaired) electrons. The number of hydrogen-bond donors (Lipinski definition) is 0. The molecular formula is C67H39NO. The van der Waals surface area contributed by atoms with E-state index in [1.807, 2.05) is 22.6 Å². The highest BCUT2D eigenvalue weighted by atomic mass is 16.1. The zero-order valence-electron chi connectivity index (χ0n) is 37.4. The zero-order chi connectivity index (χ0) is 45.3. The molecule has 15 rings (SSSR count). The molecule has 0 spiro atoms. The first kappa shape index (κ1) is 38.0. The quantitative estimate of drug-likeness (QED) is 0.161. The lowest BCUT2D eigenvalue weighted by Crippen LogP contribution is -2.12. The van der Waals surface area contributed by atoms with Crippen LogP contribution in [0.25, 0.3) is 147 Å². The fraction of sp³-hybridized carbons (Fsp3) is 0. The smallest absolute Gasteiger partial charge is 0.263 e. The number of nitrogens with zero attached hydrogens (tertiary/aromatic N) is 1. The van der Waals surface area contributed by atoms with E-state index in [9.17, 15) is 4.79 Å². The molecule has 69 heavy (non-hydrogen) atoms. The largest absolute Gasteiger partial charge is 0.275 e. The Morgan fingerprint density at radius 3 is 0.928 bits per heavy atom. The molecule has 0 aliphatic heterocycles. The van der Waals surface area contributed by atoms with Crippen molar-refractivity contribution >= 4 is 103 Å². The van der Waals surface area contributed by atoms with E-state index in [4.69, 9.17) is 0 Å². The van der Waals surface area contributed by atoms with Crippen molar-refractivity contribution < 1.29 is 0 Å². The molecule has 0 bridgehead atoms. The average molecular weight is 874 g/mol. The van der Waals surface area contributed by atoms with Gasteiger partial charge in [0.1, 0.15) is 0 Å². The Bertz CT molecular complexity index is 4680. The molecule has 0 saturated carbocycles. The van der Waals surface area contributed by atoms with Gasteiger partial charge in [-0.05, 0) is 169 Å². The molecule has 0 aliphatic rings. The SMILES string of the molecule is O=c1c2ccccc2c2cc(-c3cccc(-c4ccc5c6ccccc6c6ccccc6c5c4)c3)cc3c4cc(-c5cccc(-c6ccc7c8ccccc8c8ccccc8c7c6)c5)ccc4n1c23. The summed E-state index contributed by atoms with van der Waals surface area (Å²) in [5.41, 5.74) is 11.0. The highest BCUT2D eigenvalue weighted by Gasteiger charge is 2.20. The summed E-state index contributed by atoms with van der Waals surface area (Å²) >= 11 is 0. The molecule has 2 heteroatoms. The fourth-order valence-electron chi connectivity index (χ4n) is 11.9. The normalized spacial score (nSPS) is 12.1. The van der Waals surface area contributed by atoms with Crippen molar-refractivity contribution in [3.8, 4) is 44.5 Å². The fourth-order valence-corrected chi connectivity index (χ4v) is 11.9. The summed E-state index contributed by atoms with van der Waals surface area (Å²) in [5.74, 6) is 0. The molecule has 0 atom stereocenters. The maximum atomic E-state index is 14.5. The van der Waals surface area contributed by atoms with Gasteiger partial charge in [0, 0.05) is 21.5 Å². The number of rotatable bonds is 4. The molecule has 0 amide bonds. The number of aromatic nitrogens is 1. The van der Waals surface area contributed by atoms with Gasteiger partial charge < -0.3 is 0 Å². The van der Waals surface area contributed by atoms with Crippen LogP contribution in [0.1, 0.15) is 0 Å². The van der Waals surface area contributed by atoms with E-state index in [-0.39, 0.29) is 5.56 Å². The number of benzene rings is 13. The van der Waals surface area contributed by atoms with Gasteiger partial charge in [-0.2, -0.15) is 0 Å². The Morgan fingerprint density at radius 1 is 0.203 bits per heavy atom. The maximum absolute atomic E-state index is 14.5. The van der Waals surface area contributed by atoms with E-state index in [0.717, 1.165) is 71.3 Å². The Kier molecular flexibility index (Phi) is 7.96. The summed E-state index contributed by atoms with van der Waals surface area (Å²) in [4.78, 5) is 14.5. The van der Waals surface area contributed by atoms with Crippen LogP contribution in [-0.2, 0) is 0 Å². The van der Waals surface area contributed by atoms with Gasteiger partial charge in [0.15, 0.2) is 0 Å². The van der Waals surface area contributed by atoms with Crippen LogP contribution in [0.5, 0.6) is 0 Å². The number of pyridine rings is 1. The first-order valence-corrected chi connectivity index (χ1v) is 23.8. The molecule has 0 saturated heterocycles. The molecule has 15 aromatic rings. The first-order chi connectivity index (χ1) is 34.1. The average Bonchev–Trinajstić information content (AvgIpc) is 3.76. The summed E-state index contributed by atoms with van der Waals surface area (Å²) < 4.78 is 1.95. The summed E-state index contributed by atoms with van der Waals surface area (Å²) in [6.45, 7) is 0. The van der Waals surface area contributed by atoms with Crippen molar-refractivity contribution in [2.75, 3.05) is 0 Å². The van der Waals surface area contributed by atoms with Gasteiger partial charge in [0.2, 0.25) is 0 Å². The molecule has 2 nitrogen and oxygen atoms in total. The van der Waals surface area contributed by atoms with E-state index in [1.165, 1.54) is 75.8 Å². The van der Waals surface area contributed by atoms with Crippen LogP contribution < -0.4 is 5.56 Å². The van der Waals surface area contributed by atoms with Gasteiger partial charge in [-0.25, -0.2) is 0 Å². The van der Waals surface area contributed by atoms with Crippen LogP contribution in [0.2, 0.25) is 0 Å². The van der Waals surface area contributed by atoms with Crippen molar-refractivity contribution in [2.45, 2.75) is 0 Å². The second-order valence-electron chi connectivity index (χ2n) is 18.7. The van der Waals surface area contributed by atoms with E-state index < -0.39 is 0 Å². The lowest BCUT2D eigenvalue weighted by Gasteiger charge is -2.13. The van der Waals surface area contributed by atoms with E-state index in [0.29, 0.717) is 0 Å². The molecule has 2 aromatic heterocycles. The summed E-state index contributed by atoms with van der Waals surface area (Å²) in [6, 6.07) is 86.0. The topological polar surface area (TPSA) is 21.5 Å². The van der Waals surface area contributed by atoms with E-state index >= 15 is 0 Å². The minimum Gasteiger partial charge on any atom is -0.275 e. The predicted molar refractivity (Wildman–Crippen MR) is 294 cm³/mol. The molecule has 0 fully saturated rings. The third-order valence-electron chi connectivity index (χ3n) is 15.1. The van der Waals surface area contributed by atoms with Gasteiger partial charge in [0.05, 0.1) is 11.0 Å². The van der Waals surface area contributed by atoms with Crippen LogP contribution in [0.4, 0.5) is 0 Å². The lowest BCUT2D eigenvalue weighted by atomic mass is 9.91. The van der Waals surface area contributed by atoms with Gasteiger partial charge in [-0.15, -0.1) is 0 Å². The Balaban J connectivity index is 0.894.